The number of hydrogen-bond donors (Lipinski definition) is 0. The molecule has 30 heavy (non-hydrogen) atoms. The number of ketones is 1. The lowest BCUT2D eigenvalue weighted by Crippen LogP contribution is -2.53. The van der Waals surface area contributed by atoms with Crippen molar-refractivity contribution in [1.82, 2.24) is 9.47 Å². The normalized spacial score (nSPS) is 27.5. The Morgan fingerprint density at radius 1 is 1.27 bits per heavy atom. The summed E-state index contributed by atoms with van der Waals surface area (Å²) >= 11 is 6.55. The van der Waals surface area contributed by atoms with Gasteiger partial charge >= 0.3 is 0 Å². The van der Waals surface area contributed by atoms with E-state index >= 15 is 0 Å². The van der Waals surface area contributed by atoms with E-state index in [1.54, 1.807) is 6.92 Å². The lowest BCUT2D eigenvalue weighted by atomic mass is 9.79. The van der Waals surface area contributed by atoms with E-state index in [1.165, 1.54) is 6.42 Å². The predicted molar refractivity (Wildman–Crippen MR) is 122 cm³/mol. The molecule has 1 saturated heterocycles. The van der Waals surface area contributed by atoms with Gasteiger partial charge in [-0.3, -0.25) is 9.69 Å². The van der Waals surface area contributed by atoms with Crippen LogP contribution in [0.2, 0.25) is 5.02 Å². The Labute approximate surface area is 184 Å². The van der Waals surface area contributed by atoms with E-state index < -0.39 is 5.67 Å². The first-order valence-electron chi connectivity index (χ1n) is 11.5. The molecule has 0 bridgehead atoms. The van der Waals surface area contributed by atoms with E-state index in [1.807, 2.05) is 18.3 Å². The third-order valence-electron chi connectivity index (χ3n) is 7.34. The van der Waals surface area contributed by atoms with Gasteiger partial charge < -0.3 is 4.57 Å². The summed E-state index contributed by atoms with van der Waals surface area (Å²) in [5, 5.41) is 1.54. The average Bonchev–Trinajstić information content (AvgIpc) is 3.04. The van der Waals surface area contributed by atoms with Crippen LogP contribution in [0.5, 0.6) is 0 Å². The van der Waals surface area contributed by atoms with E-state index in [4.69, 9.17) is 11.6 Å². The van der Waals surface area contributed by atoms with E-state index in [-0.39, 0.29) is 5.78 Å². The number of likely N-dealkylation sites (tertiary alicyclic amines) is 1. The van der Waals surface area contributed by atoms with Gasteiger partial charge in [0, 0.05) is 48.7 Å². The fraction of sp³-hybridized carbons (Fsp3) is 0.640. The van der Waals surface area contributed by atoms with E-state index in [0.29, 0.717) is 42.3 Å². The van der Waals surface area contributed by atoms with Crippen LogP contribution in [-0.2, 0) is 6.54 Å². The quantitative estimate of drug-likeness (QED) is 0.457. The van der Waals surface area contributed by atoms with Crippen molar-refractivity contribution in [2.45, 2.75) is 90.0 Å². The Hall–Kier alpha value is -1.39. The Balaban J connectivity index is 1.50. The molecule has 164 valence electrons. The van der Waals surface area contributed by atoms with E-state index in [9.17, 15) is 9.18 Å². The zero-order valence-electron chi connectivity index (χ0n) is 18.5. The van der Waals surface area contributed by atoms with Crippen molar-refractivity contribution in [3.05, 3.63) is 35.0 Å². The predicted octanol–water partition coefficient (Wildman–Crippen LogP) is 6.66. The minimum Gasteiger partial charge on any atom is -0.345 e. The number of rotatable bonds is 7. The highest BCUT2D eigenvalue weighted by molar-refractivity contribution is 6.37. The Morgan fingerprint density at radius 3 is 2.63 bits per heavy atom. The highest BCUT2D eigenvalue weighted by Gasteiger charge is 2.32. The number of carbonyl (C=O) groups excluding carboxylic acids is 1. The molecule has 1 aliphatic heterocycles. The minimum absolute atomic E-state index is 0.162. The van der Waals surface area contributed by atoms with Gasteiger partial charge in [-0.25, -0.2) is 4.39 Å². The molecule has 1 aromatic carbocycles. The first-order valence-corrected chi connectivity index (χ1v) is 11.9. The van der Waals surface area contributed by atoms with Crippen LogP contribution in [0.3, 0.4) is 0 Å². The fourth-order valence-electron chi connectivity index (χ4n) is 5.27. The third kappa shape index (κ3) is 4.45. The molecule has 5 heteroatoms. The van der Waals surface area contributed by atoms with Crippen molar-refractivity contribution in [2.75, 3.05) is 6.54 Å². The van der Waals surface area contributed by atoms with Gasteiger partial charge in [0.25, 0.3) is 0 Å². The Bertz CT molecular complexity index is 909. The number of carbonyl (C=O) groups is 1. The first kappa shape index (κ1) is 21.8. The van der Waals surface area contributed by atoms with Crippen LogP contribution in [0, 0.1) is 5.92 Å². The topological polar surface area (TPSA) is 25.2 Å². The van der Waals surface area contributed by atoms with Crippen molar-refractivity contribution in [3.8, 4) is 0 Å². The zero-order valence-corrected chi connectivity index (χ0v) is 19.2. The number of alkyl halides is 1. The fourth-order valence-corrected chi connectivity index (χ4v) is 5.54. The van der Waals surface area contributed by atoms with Crippen LogP contribution in [0.25, 0.3) is 10.9 Å². The highest BCUT2D eigenvalue weighted by atomic mass is 35.5. The number of hydrogen-bond acceptors (Lipinski definition) is 2. The van der Waals surface area contributed by atoms with Gasteiger partial charge in [0.2, 0.25) is 0 Å². The van der Waals surface area contributed by atoms with Crippen LogP contribution in [0.4, 0.5) is 4.39 Å². The molecule has 4 rings (SSSR count). The van der Waals surface area contributed by atoms with Crippen molar-refractivity contribution < 1.29 is 9.18 Å². The summed E-state index contributed by atoms with van der Waals surface area (Å²) in [4.78, 5) is 15.7. The second-order valence-electron chi connectivity index (χ2n) is 9.92. The maximum Gasteiger partial charge on any atom is 0.165 e. The van der Waals surface area contributed by atoms with E-state index in [2.05, 4.69) is 29.4 Å². The summed E-state index contributed by atoms with van der Waals surface area (Å²) in [5.74, 6) is 0.617. The first-order chi connectivity index (χ1) is 14.2. The molecule has 3 nitrogen and oxygen atoms in total. The molecule has 0 unspecified atom stereocenters. The van der Waals surface area contributed by atoms with Crippen LogP contribution < -0.4 is 0 Å². The molecular formula is C25H34ClFN2O. The van der Waals surface area contributed by atoms with E-state index in [0.717, 1.165) is 48.8 Å². The number of nitrogens with zero attached hydrogens (tertiary/aromatic N) is 2. The summed E-state index contributed by atoms with van der Waals surface area (Å²) < 4.78 is 16.3. The SMILES string of the molecule is CC(C)N1CC[C@H]1Cn1cc(C(=O)CCC2CCC(C)(F)CC2)c2c(Cl)cccc21. The molecule has 1 atom stereocenters. The average molecular weight is 433 g/mol. The summed E-state index contributed by atoms with van der Waals surface area (Å²) in [6.45, 7) is 8.21. The lowest BCUT2D eigenvalue weighted by Gasteiger charge is -2.44. The number of aromatic nitrogens is 1. The lowest BCUT2D eigenvalue weighted by molar-refractivity contribution is 0.0458. The standard InChI is InChI=1S/C25H34ClFN2O/c1-17(2)29-14-11-19(29)15-28-16-20(24-21(26)5-4-6-22(24)28)23(30)8-7-18-9-12-25(3,27)13-10-18/h4-6,16-19H,7-15H2,1-3H3/t18?,19-,25?/m0/s1. The molecule has 2 aromatic rings. The molecule has 0 amide bonds. The van der Waals surface area contributed by atoms with Crippen LogP contribution in [0.1, 0.15) is 76.1 Å². The summed E-state index contributed by atoms with van der Waals surface area (Å²) in [6, 6.07) is 6.96. The Morgan fingerprint density at radius 2 is 2.00 bits per heavy atom. The summed E-state index contributed by atoms with van der Waals surface area (Å²) in [5.41, 5.74) is 0.775. The summed E-state index contributed by atoms with van der Waals surface area (Å²) in [7, 11) is 0. The van der Waals surface area contributed by atoms with Gasteiger partial charge in [0.15, 0.2) is 5.78 Å². The monoisotopic (exact) mass is 432 g/mol. The maximum absolute atomic E-state index is 14.1. The molecule has 0 N–H and O–H groups in total. The molecule has 1 aliphatic carbocycles. The van der Waals surface area contributed by atoms with Gasteiger partial charge in [-0.1, -0.05) is 17.7 Å². The van der Waals surface area contributed by atoms with Gasteiger partial charge in [-0.15, -0.1) is 0 Å². The van der Waals surface area contributed by atoms with Gasteiger partial charge in [0.05, 0.1) is 10.5 Å². The zero-order chi connectivity index (χ0) is 21.5. The molecule has 0 spiro atoms. The number of halogens is 2. The maximum atomic E-state index is 14.1. The number of benzene rings is 1. The minimum atomic E-state index is -1.02. The third-order valence-corrected chi connectivity index (χ3v) is 7.66. The van der Waals surface area contributed by atoms with Gasteiger partial charge in [-0.05, 0) is 77.3 Å². The van der Waals surface area contributed by atoms with Crippen LogP contribution >= 0.6 is 11.6 Å². The summed E-state index contributed by atoms with van der Waals surface area (Å²) in [6.07, 6.45) is 7.57. The molecule has 1 saturated carbocycles. The largest absolute Gasteiger partial charge is 0.345 e. The number of fused-ring (bicyclic) bond motifs is 1. The molecule has 1 aromatic heterocycles. The Kier molecular flexibility index (Phi) is 6.28. The van der Waals surface area contributed by atoms with Crippen molar-refractivity contribution in [2.24, 2.45) is 5.92 Å². The van der Waals surface area contributed by atoms with Gasteiger partial charge in [-0.2, -0.15) is 0 Å². The second kappa shape index (κ2) is 8.63. The van der Waals surface area contributed by atoms with Crippen molar-refractivity contribution >= 4 is 28.3 Å². The second-order valence-corrected chi connectivity index (χ2v) is 10.3. The number of Topliss-reactive ketones (excluding diaryl/α,β-unsaturated/α-hetero) is 1. The smallest absolute Gasteiger partial charge is 0.165 e. The van der Waals surface area contributed by atoms with Crippen LogP contribution in [0.15, 0.2) is 24.4 Å². The van der Waals surface area contributed by atoms with Gasteiger partial charge in [0.1, 0.15) is 5.67 Å². The highest BCUT2D eigenvalue weighted by Crippen LogP contribution is 2.37. The molecule has 0 radical (unpaired) electrons. The molecule has 2 heterocycles. The van der Waals surface area contributed by atoms with Crippen molar-refractivity contribution in [3.63, 3.8) is 0 Å². The molecular weight excluding hydrogens is 399 g/mol. The van der Waals surface area contributed by atoms with Crippen LogP contribution in [-0.4, -0.2) is 39.5 Å². The molecule has 2 fully saturated rings. The van der Waals surface area contributed by atoms with Crippen molar-refractivity contribution in [1.29, 1.82) is 0 Å². The molecule has 2 aliphatic rings.